The summed E-state index contributed by atoms with van der Waals surface area (Å²) in [5.41, 5.74) is 1.26. The van der Waals surface area contributed by atoms with Crippen LogP contribution in [0.15, 0.2) is 5.38 Å². The number of rotatable bonds is 5. The lowest BCUT2D eigenvalue weighted by atomic mass is 9.97. The molecule has 2 heterocycles. The zero-order valence-corrected chi connectivity index (χ0v) is 10.3. The maximum atomic E-state index is 8.72. The van der Waals surface area contributed by atoms with E-state index < -0.39 is 0 Å². The highest BCUT2D eigenvalue weighted by Crippen LogP contribution is 2.28. The van der Waals surface area contributed by atoms with Crippen molar-refractivity contribution in [1.82, 2.24) is 4.98 Å². The van der Waals surface area contributed by atoms with Crippen molar-refractivity contribution in [2.24, 2.45) is 0 Å². The van der Waals surface area contributed by atoms with Gasteiger partial charge in [0, 0.05) is 31.1 Å². The summed E-state index contributed by atoms with van der Waals surface area (Å²) >= 11 is 1.76. The van der Waals surface area contributed by atoms with Crippen molar-refractivity contribution in [2.45, 2.75) is 38.0 Å². The Morgan fingerprint density at radius 1 is 1.38 bits per heavy atom. The number of ether oxygens (including phenoxy) is 1. The van der Waals surface area contributed by atoms with Gasteiger partial charge >= 0.3 is 0 Å². The van der Waals surface area contributed by atoms with Gasteiger partial charge < -0.3 is 9.84 Å². The molecule has 1 fully saturated rings. The molecule has 1 aromatic heterocycles. The first-order valence-electron chi connectivity index (χ1n) is 6.03. The van der Waals surface area contributed by atoms with Crippen LogP contribution >= 0.6 is 11.3 Å². The second-order valence-corrected chi connectivity index (χ2v) is 5.18. The van der Waals surface area contributed by atoms with Crippen molar-refractivity contribution in [3.8, 4) is 0 Å². The van der Waals surface area contributed by atoms with Crippen LogP contribution in [0.1, 0.15) is 42.3 Å². The SMILES string of the molecule is OCCCCc1nc(C2CCOCC2)cs1. The first-order valence-corrected chi connectivity index (χ1v) is 6.91. The number of aliphatic hydroxyl groups is 1. The fraction of sp³-hybridized carbons (Fsp3) is 0.750. The van der Waals surface area contributed by atoms with Gasteiger partial charge in [-0.15, -0.1) is 11.3 Å². The number of unbranched alkanes of at least 4 members (excludes halogenated alkanes) is 1. The number of thiazole rings is 1. The van der Waals surface area contributed by atoms with Gasteiger partial charge in [-0.05, 0) is 32.1 Å². The summed E-state index contributed by atoms with van der Waals surface area (Å²) in [4.78, 5) is 4.69. The van der Waals surface area contributed by atoms with Crippen molar-refractivity contribution in [2.75, 3.05) is 19.8 Å². The number of aryl methyl sites for hydroxylation is 1. The van der Waals surface area contributed by atoms with Crippen LogP contribution in [0.5, 0.6) is 0 Å². The lowest BCUT2D eigenvalue weighted by molar-refractivity contribution is 0.0846. The predicted molar refractivity (Wildman–Crippen MR) is 64.9 cm³/mol. The van der Waals surface area contributed by atoms with Gasteiger partial charge in [0.2, 0.25) is 0 Å². The molecule has 0 radical (unpaired) electrons. The van der Waals surface area contributed by atoms with E-state index in [-0.39, 0.29) is 6.61 Å². The molecule has 1 aliphatic heterocycles. The first-order chi connectivity index (χ1) is 7.90. The topological polar surface area (TPSA) is 42.4 Å². The van der Waals surface area contributed by atoms with E-state index in [2.05, 4.69) is 10.4 Å². The lowest BCUT2D eigenvalue weighted by Crippen LogP contribution is -2.14. The molecule has 1 saturated heterocycles. The van der Waals surface area contributed by atoms with E-state index in [4.69, 9.17) is 9.84 Å². The van der Waals surface area contributed by atoms with Crippen LogP contribution in [0, 0.1) is 0 Å². The third kappa shape index (κ3) is 3.27. The van der Waals surface area contributed by atoms with Gasteiger partial charge in [-0.3, -0.25) is 0 Å². The average molecular weight is 241 g/mol. The number of aromatic nitrogens is 1. The van der Waals surface area contributed by atoms with E-state index in [1.165, 1.54) is 10.7 Å². The third-order valence-electron chi connectivity index (χ3n) is 3.01. The Balaban J connectivity index is 1.85. The molecule has 0 aromatic carbocycles. The Labute approximate surface area is 100 Å². The van der Waals surface area contributed by atoms with E-state index in [1.807, 2.05) is 0 Å². The summed E-state index contributed by atoms with van der Waals surface area (Å²) < 4.78 is 5.36. The highest BCUT2D eigenvalue weighted by molar-refractivity contribution is 7.09. The molecular weight excluding hydrogens is 222 g/mol. The largest absolute Gasteiger partial charge is 0.396 e. The second kappa shape index (κ2) is 6.33. The number of nitrogens with zero attached hydrogens (tertiary/aromatic N) is 1. The minimum atomic E-state index is 0.290. The quantitative estimate of drug-likeness (QED) is 0.805. The first kappa shape index (κ1) is 12.0. The molecule has 90 valence electrons. The molecule has 1 N–H and O–H groups in total. The third-order valence-corrected chi connectivity index (χ3v) is 3.93. The van der Waals surface area contributed by atoms with Crippen molar-refractivity contribution >= 4 is 11.3 Å². The van der Waals surface area contributed by atoms with E-state index in [0.29, 0.717) is 5.92 Å². The lowest BCUT2D eigenvalue weighted by Gasteiger charge is -2.19. The summed E-state index contributed by atoms with van der Waals surface area (Å²) in [6.45, 7) is 2.04. The van der Waals surface area contributed by atoms with Crippen LogP contribution in [0.3, 0.4) is 0 Å². The van der Waals surface area contributed by atoms with Gasteiger partial charge in [0.15, 0.2) is 0 Å². The van der Waals surface area contributed by atoms with Crippen LogP contribution in [0.25, 0.3) is 0 Å². The second-order valence-electron chi connectivity index (χ2n) is 4.23. The maximum absolute atomic E-state index is 8.72. The maximum Gasteiger partial charge on any atom is 0.0928 e. The van der Waals surface area contributed by atoms with Gasteiger partial charge in [-0.25, -0.2) is 4.98 Å². The molecule has 0 amide bonds. The van der Waals surface area contributed by atoms with Crippen molar-refractivity contribution < 1.29 is 9.84 Å². The molecule has 1 aliphatic rings. The van der Waals surface area contributed by atoms with E-state index in [1.54, 1.807) is 11.3 Å². The summed E-state index contributed by atoms with van der Waals surface area (Å²) in [5, 5.41) is 12.1. The molecular formula is C12H19NO2S. The van der Waals surface area contributed by atoms with Crippen LogP contribution in [-0.2, 0) is 11.2 Å². The molecule has 2 rings (SSSR count). The summed E-state index contributed by atoms with van der Waals surface area (Å²) in [7, 11) is 0. The smallest absolute Gasteiger partial charge is 0.0928 e. The molecule has 0 bridgehead atoms. The van der Waals surface area contributed by atoms with E-state index >= 15 is 0 Å². The minimum absolute atomic E-state index is 0.290. The molecule has 0 spiro atoms. The standard InChI is InChI=1S/C12H19NO2S/c14-6-2-1-3-12-13-11(9-16-12)10-4-7-15-8-5-10/h9-10,14H,1-8H2. The summed E-state index contributed by atoms with van der Waals surface area (Å²) in [6.07, 6.45) is 5.15. The molecule has 0 aliphatic carbocycles. The van der Waals surface area contributed by atoms with Crippen molar-refractivity contribution in [3.63, 3.8) is 0 Å². The van der Waals surface area contributed by atoms with Crippen molar-refractivity contribution in [1.29, 1.82) is 0 Å². The van der Waals surface area contributed by atoms with Crippen molar-refractivity contribution in [3.05, 3.63) is 16.1 Å². The Hall–Kier alpha value is -0.450. The number of aliphatic hydroxyl groups excluding tert-OH is 1. The van der Waals surface area contributed by atoms with Crippen LogP contribution in [0.2, 0.25) is 0 Å². The van der Waals surface area contributed by atoms with Gasteiger partial charge in [0.25, 0.3) is 0 Å². The molecule has 16 heavy (non-hydrogen) atoms. The predicted octanol–water partition coefficient (Wildman–Crippen LogP) is 2.35. The highest BCUT2D eigenvalue weighted by atomic mass is 32.1. The Kier molecular flexibility index (Phi) is 4.75. The van der Waals surface area contributed by atoms with Crippen LogP contribution in [-0.4, -0.2) is 29.9 Å². The minimum Gasteiger partial charge on any atom is -0.396 e. The Morgan fingerprint density at radius 3 is 2.94 bits per heavy atom. The van der Waals surface area contributed by atoms with Crippen LogP contribution < -0.4 is 0 Å². The van der Waals surface area contributed by atoms with Crippen LogP contribution in [0.4, 0.5) is 0 Å². The van der Waals surface area contributed by atoms with Gasteiger partial charge in [-0.1, -0.05) is 0 Å². The molecule has 0 atom stereocenters. The average Bonchev–Trinajstić information content (AvgIpc) is 2.79. The Bertz CT molecular complexity index is 308. The molecule has 1 aromatic rings. The summed E-state index contributed by atoms with van der Waals surface area (Å²) in [5.74, 6) is 0.608. The highest BCUT2D eigenvalue weighted by Gasteiger charge is 2.18. The zero-order valence-electron chi connectivity index (χ0n) is 9.52. The molecule has 4 heteroatoms. The number of hydrogen-bond acceptors (Lipinski definition) is 4. The number of hydrogen-bond donors (Lipinski definition) is 1. The monoisotopic (exact) mass is 241 g/mol. The molecule has 3 nitrogen and oxygen atoms in total. The van der Waals surface area contributed by atoms with Gasteiger partial charge in [-0.2, -0.15) is 0 Å². The fourth-order valence-electron chi connectivity index (χ4n) is 2.01. The zero-order chi connectivity index (χ0) is 11.2. The summed E-state index contributed by atoms with van der Waals surface area (Å²) in [6, 6.07) is 0. The fourth-order valence-corrected chi connectivity index (χ4v) is 2.93. The molecule has 0 unspecified atom stereocenters. The Morgan fingerprint density at radius 2 is 2.19 bits per heavy atom. The van der Waals surface area contributed by atoms with Gasteiger partial charge in [0.1, 0.15) is 0 Å². The normalized spacial score (nSPS) is 17.8. The molecule has 0 saturated carbocycles. The van der Waals surface area contributed by atoms with Gasteiger partial charge in [0.05, 0.1) is 10.7 Å². The van der Waals surface area contributed by atoms with E-state index in [9.17, 15) is 0 Å². The van der Waals surface area contributed by atoms with E-state index in [0.717, 1.165) is 45.3 Å².